The summed E-state index contributed by atoms with van der Waals surface area (Å²) in [6, 6.07) is 0. The van der Waals surface area contributed by atoms with Crippen molar-refractivity contribution in [2.24, 2.45) is 0 Å². The van der Waals surface area contributed by atoms with E-state index in [1.165, 1.54) is 0 Å². The second-order valence-electron chi connectivity index (χ2n) is 5.32. The fourth-order valence-corrected chi connectivity index (χ4v) is 1.82. The molecular weight excluding hydrogens is 210 g/mol. The van der Waals surface area contributed by atoms with Crippen molar-refractivity contribution in [1.82, 2.24) is 0 Å². The first kappa shape index (κ1) is 13.1. The van der Waals surface area contributed by atoms with Gasteiger partial charge in [0.05, 0.1) is 10.5 Å². The molecule has 0 N–H and O–H groups in total. The molecule has 0 spiro atoms. The van der Waals surface area contributed by atoms with E-state index in [1.807, 2.05) is 25.9 Å². The van der Waals surface area contributed by atoms with Crippen LogP contribution in [0.1, 0.15) is 41.0 Å². The Morgan fingerprint density at radius 2 is 2.07 bits per heavy atom. The van der Waals surface area contributed by atoms with Crippen molar-refractivity contribution in [2.45, 2.75) is 57.6 Å². The van der Waals surface area contributed by atoms with Gasteiger partial charge in [-0.25, -0.2) is 0 Å². The van der Waals surface area contributed by atoms with E-state index in [2.05, 4.69) is 20.8 Å². The van der Waals surface area contributed by atoms with Crippen LogP contribution in [0.2, 0.25) is 0 Å². The zero-order chi connectivity index (χ0) is 11.7. The minimum absolute atomic E-state index is 0.122. The number of alkyl halides is 1. The molecule has 0 aromatic carbocycles. The first-order valence-corrected chi connectivity index (χ1v) is 5.77. The van der Waals surface area contributed by atoms with Gasteiger partial charge in [-0.15, -0.1) is 11.6 Å². The summed E-state index contributed by atoms with van der Waals surface area (Å²) in [6.07, 6.45) is 3.05. The van der Waals surface area contributed by atoms with Crippen molar-refractivity contribution in [1.29, 1.82) is 0 Å². The molecule has 2 nitrogen and oxygen atoms in total. The molecule has 0 aromatic rings. The average molecular weight is 231 g/mol. The zero-order valence-corrected chi connectivity index (χ0v) is 11.0. The maximum absolute atomic E-state index is 6.06. The van der Waals surface area contributed by atoms with Gasteiger partial charge in [0, 0.05) is 6.10 Å². The summed E-state index contributed by atoms with van der Waals surface area (Å²) in [4.78, 5) is -0.350. The van der Waals surface area contributed by atoms with Gasteiger partial charge in [0.15, 0.2) is 0 Å². The van der Waals surface area contributed by atoms with E-state index in [-0.39, 0.29) is 23.7 Å². The Bertz CT molecular complexity index is 245. The quantitative estimate of drug-likeness (QED) is 0.536. The molecule has 1 aliphatic heterocycles. The molecule has 1 aliphatic rings. The highest BCUT2D eigenvalue weighted by Gasteiger charge is 2.35. The molecule has 1 saturated heterocycles. The number of rotatable bonds is 2. The van der Waals surface area contributed by atoms with Crippen LogP contribution in [0.5, 0.6) is 0 Å². The minimum Gasteiger partial charge on any atom is -0.405 e. The minimum atomic E-state index is -0.350. The van der Waals surface area contributed by atoms with Crippen LogP contribution >= 0.6 is 11.6 Å². The lowest BCUT2D eigenvalue weighted by atomic mass is 9.82. The molecule has 0 bridgehead atoms. The Morgan fingerprint density at radius 1 is 1.47 bits per heavy atom. The summed E-state index contributed by atoms with van der Waals surface area (Å²) >= 11 is 6.06. The summed E-state index contributed by atoms with van der Waals surface area (Å²) < 4.78 is 11.4. The molecule has 1 fully saturated rings. The summed E-state index contributed by atoms with van der Waals surface area (Å²) in [7, 11) is -0.276. The van der Waals surface area contributed by atoms with E-state index in [4.69, 9.17) is 20.9 Å². The molecule has 4 heteroatoms. The molecule has 0 aliphatic carbocycles. The van der Waals surface area contributed by atoms with Gasteiger partial charge in [0.1, 0.15) is 0 Å². The third-order valence-electron chi connectivity index (χ3n) is 2.23. The van der Waals surface area contributed by atoms with Crippen LogP contribution in [0.4, 0.5) is 0 Å². The van der Waals surface area contributed by atoms with Crippen LogP contribution in [0.3, 0.4) is 0 Å². The van der Waals surface area contributed by atoms with Crippen LogP contribution < -0.4 is 0 Å². The maximum Gasteiger partial charge on any atom is 0.486 e. The second-order valence-corrected chi connectivity index (χ2v) is 6.29. The van der Waals surface area contributed by atoms with E-state index in [1.54, 1.807) is 0 Å². The van der Waals surface area contributed by atoms with Crippen LogP contribution in [0, 0.1) is 0 Å². The van der Waals surface area contributed by atoms with Crippen LogP contribution in [-0.4, -0.2) is 23.7 Å². The molecule has 0 radical (unpaired) electrons. The van der Waals surface area contributed by atoms with Crippen molar-refractivity contribution >= 4 is 18.7 Å². The summed E-state index contributed by atoms with van der Waals surface area (Å²) in [5.41, 5.74) is -0.122. The lowest BCUT2D eigenvalue weighted by Gasteiger charge is -2.37. The van der Waals surface area contributed by atoms with Crippen molar-refractivity contribution in [3.05, 3.63) is 12.1 Å². The molecular formula is C11H20BClO2. The van der Waals surface area contributed by atoms with E-state index in [0.717, 1.165) is 6.42 Å². The summed E-state index contributed by atoms with van der Waals surface area (Å²) in [5.74, 6) is 1.89. The van der Waals surface area contributed by atoms with Gasteiger partial charge in [-0.05, 0) is 41.0 Å². The van der Waals surface area contributed by atoms with Gasteiger partial charge in [0.2, 0.25) is 0 Å². The maximum atomic E-state index is 6.06. The molecule has 86 valence electrons. The largest absolute Gasteiger partial charge is 0.486 e. The Hall–Kier alpha value is 0.0149. The smallest absolute Gasteiger partial charge is 0.405 e. The van der Waals surface area contributed by atoms with Crippen molar-refractivity contribution in [3.8, 4) is 0 Å². The first-order valence-electron chi connectivity index (χ1n) is 5.39. The molecule has 0 saturated carbocycles. The monoisotopic (exact) mass is 230 g/mol. The molecule has 1 unspecified atom stereocenters. The number of halogens is 1. The summed E-state index contributed by atoms with van der Waals surface area (Å²) in [6.45, 7) is 10.1. The van der Waals surface area contributed by atoms with Gasteiger partial charge < -0.3 is 9.31 Å². The predicted octanol–water partition coefficient (Wildman–Crippen LogP) is 3.19. The highest BCUT2D eigenvalue weighted by atomic mass is 35.5. The molecule has 15 heavy (non-hydrogen) atoms. The standard InChI is InChI=1S/C11H20BClO2/c1-9-8-11(4,5)15-12(14-9)7-6-10(2,3)13/h6-7,9H,8H2,1-5H3/b7-6+. The first-order chi connectivity index (χ1) is 6.68. The predicted molar refractivity (Wildman–Crippen MR) is 65.2 cm³/mol. The molecule has 0 amide bonds. The summed E-state index contributed by atoms with van der Waals surface area (Å²) in [5, 5.41) is 0. The van der Waals surface area contributed by atoms with Crippen LogP contribution in [-0.2, 0) is 9.31 Å². The highest BCUT2D eigenvalue weighted by Crippen LogP contribution is 2.26. The highest BCUT2D eigenvalue weighted by molar-refractivity contribution is 6.51. The van der Waals surface area contributed by atoms with Gasteiger partial charge in [-0.3, -0.25) is 0 Å². The lowest BCUT2D eigenvalue weighted by Crippen LogP contribution is -2.45. The van der Waals surface area contributed by atoms with Gasteiger partial charge in [-0.1, -0.05) is 12.1 Å². The van der Waals surface area contributed by atoms with Crippen LogP contribution in [0.25, 0.3) is 0 Å². The second kappa shape index (κ2) is 4.48. The molecule has 1 heterocycles. The SMILES string of the molecule is CC1CC(C)(C)OB(/C=C/C(C)(C)Cl)O1. The van der Waals surface area contributed by atoms with E-state index < -0.39 is 0 Å². The van der Waals surface area contributed by atoms with Gasteiger partial charge in [-0.2, -0.15) is 0 Å². The average Bonchev–Trinajstić information content (AvgIpc) is 1.95. The Labute approximate surface area is 98.1 Å². The van der Waals surface area contributed by atoms with Crippen LogP contribution in [0.15, 0.2) is 12.1 Å². The molecule has 0 aromatic heterocycles. The normalized spacial score (nSPS) is 27.3. The fourth-order valence-electron chi connectivity index (χ4n) is 1.75. The Balaban J connectivity index is 2.60. The van der Waals surface area contributed by atoms with Gasteiger partial charge >= 0.3 is 7.12 Å². The Morgan fingerprint density at radius 3 is 2.53 bits per heavy atom. The third kappa shape index (κ3) is 5.05. The van der Waals surface area contributed by atoms with Crippen molar-refractivity contribution in [2.75, 3.05) is 0 Å². The molecule has 1 atom stereocenters. The third-order valence-corrected chi connectivity index (χ3v) is 2.36. The number of allylic oxidation sites excluding steroid dienone is 1. The van der Waals surface area contributed by atoms with E-state index in [0.29, 0.717) is 0 Å². The zero-order valence-electron chi connectivity index (χ0n) is 10.2. The topological polar surface area (TPSA) is 18.5 Å². The van der Waals surface area contributed by atoms with E-state index >= 15 is 0 Å². The lowest BCUT2D eigenvalue weighted by molar-refractivity contribution is -0.0237. The van der Waals surface area contributed by atoms with Gasteiger partial charge in [0.25, 0.3) is 0 Å². The number of hydrogen-bond donors (Lipinski definition) is 0. The fraction of sp³-hybridized carbons (Fsp3) is 0.818. The van der Waals surface area contributed by atoms with E-state index in [9.17, 15) is 0 Å². The Kier molecular flexibility index (Phi) is 3.91. The van der Waals surface area contributed by atoms with Crippen molar-refractivity contribution in [3.63, 3.8) is 0 Å². The van der Waals surface area contributed by atoms with Crippen molar-refractivity contribution < 1.29 is 9.31 Å². The molecule has 1 rings (SSSR count). The number of hydrogen-bond acceptors (Lipinski definition) is 2.